The maximum absolute atomic E-state index is 11.9. The molecule has 0 amide bonds. The second-order valence-electron chi connectivity index (χ2n) is 5.75. The summed E-state index contributed by atoms with van der Waals surface area (Å²) in [6.07, 6.45) is 1.81. The number of hydrogen-bond acceptors (Lipinski definition) is 5. The number of carbonyl (C=O) groups is 1. The van der Waals surface area contributed by atoms with Crippen LogP contribution in [-0.4, -0.2) is 30.8 Å². The fraction of sp³-hybridized carbons (Fsp3) is 0.368. The molecule has 1 aliphatic rings. The zero-order valence-corrected chi connectivity index (χ0v) is 13.8. The van der Waals surface area contributed by atoms with Crippen LogP contribution in [0.2, 0.25) is 0 Å². The zero-order chi connectivity index (χ0) is 16.8. The van der Waals surface area contributed by atoms with Crippen LogP contribution >= 0.6 is 0 Å². The number of nitrogens with zero attached hydrogens (tertiary/aromatic N) is 1. The number of ether oxygens (including phenoxy) is 3. The summed E-state index contributed by atoms with van der Waals surface area (Å²) in [7, 11) is 0. The number of carbonyl (C=O) groups excluding carboxylic acids is 1. The summed E-state index contributed by atoms with van der Waals surface area (Å²) >= 11 is 0. The topological polar surface area (TPSA) is 57.7 Å². The van der Waals surface area contributed by atoms with Crippen molar-refractivity contribution in [2.75, 3.05) is 19.8 Å². The van der Waals surface area contributed by atoms with Gasteiger partial charge in [-0.3, -0.25) is 9.78 Å². The Balaban J connectivity index is 1.42. The van der Waals surface area contributed by atoms with E-state index in [1.165, 1.54) is 0 Å². The summed E-state index contributed by atoms with van der Waals surface area (Å²) in [5.74, 6) is 1.19. The van der Waals surface area contributed by atoms with Gasteiger partial charge in [-0.2, -0.15) is 0 Å². The largest absolute Gasteiger partial charge is 0.486 e. The summed E-state index contributed by atoms with van der Waals surface area (Å²) in [4.78, 5) is 16.4. The molecule has 0 unspecified atom stereocenters. The number of aryl methyl sites for hydroxylation is 2. The summed E-state index contributed by atoms with van der Waals surface area (Å²) in [5, 5.41) is 0. The van der Waals surface area contributed by atoms with Crippen molar-refractivity contribution in [2.45, 2.75) is 26.2 Å². The van der Waals surface area contributed by atoms with Gasteiger partial charge in [0.25, 0.3) is 0 Å². The van der Waals surface area contributed by atoms with Gasteiger partial charge < -0.3 is 14.2 Å². The number of pyridine rings is 1. The van der Waals surface area contributed by atoms with Crippen molar-refractivity contribution in [3.05, 3.63) is 53.3 Å². The molecule has 1 aromatic carbocycles. The minimum absolute atomic E-state index is 0.233. The predicted octanol–water partition coefficient (Wildman–Crippen LogP) is 2.88. The fourth-order valence-corrected chi connectivity index (χ4v) is 2.59. The third kappa shape index (κ3) is 4.47. The van der Waals surface area contributed by atoms with Crippen molar-refractivity contribution >= 4 is 5.97 Å². The molecule has 24 heavy (non-hydrogen) atoms. The molecule has 1 aromatic heterocycles. The Bertz CT molecular complexity index is 714. The van der Waals surface area contributed by atoms with Gasteiger partial charge in [0.05, 0.1) is 13.0 Å². The van der Waals surface area contributed by atoms with Gasteiger partial charge in [-0.15, -0.1) is 0 Å². The van der Waals surface area contributed by atoms with Crippen molar-refractivity contribution in [3.8, 4) is 11.5 Å². The summed E-state index contributed by atoms with van der Waals surface area (Å²) in [6.45, 7) is 3.47. The van der Waals surface area contributed by atoms with Crippen molar-refractivity contribution in [1.82, 2.24) is 4.98 Å². The Hall–Kier alpha value is -2.56. The van der Waals surface area contributed by atoms with Crippen molar-refractivity contribution in [2.24, 2.45) is 0 Å². The molecule has 5 nitrogen and oxygen atoms in total. The van der Waals surface area contributed by atoms with Gasteiger partial charge in [-0.25, -0.2) is 0 Å². The Labute approximate surface area is 141 Å². The molecule has 0 radical (unpaired) electrons. The van der Waals surface area contributed by atoms with Gasteiger partial charge in [0, 0.05) is 11.4 Å². The average molecular weight is 327 g/mol. The van der Waals surface area contributed by atoms with Crippen LogP contribution in [0.5, 0.6) is 11.5 Å². The molecule has 126 valence electrons. The second-order valence-corrected chi connectivity index (χ2v) is 5.75. The molecule has 0 spiro atoms. The van der Waals surface area contributed by atoms with E-state index < -0.39 is 0 Å². The molecular formula is C19H21NO4. The number of aromatic nitrogens is 1. The highest BCUT2D eigenvalue weighted by molar-refractivity contribution is 5.73. The number of esters is 1. The predicted molar refractivity (Wildman–Crippen MR) is 89.4 cm³/mol. The van der Waals surface area contributed by atoms with Crippen LogP contribution in [0.1, 0.15) is 23.4 Å². The second kappa shape index (κ2) is 7.81. The highest BCUT2D eigenvalue weighted by Gasteiger charge is 2.13. The van der Waals surface area contributed by atoms with Gasteiger partial charge in [-0.05, 0) is 49.6 Å². The van der Waals surface area contributed by atoms with E-state index in [4.69, 9.17) is 14.2 Å². The Morgan fingerprint density at radius 2 is 2.00 bits per heavy atom. The molecule has 0 fully saturated rings. The first-order chi connectivity index (χ1) is 11.7. The van der Waals surface area contributed by atoms with E-state index in [1.54, 1.807) is 0 Å². The fourth-order valence-electron chi connectivity index (χ4n) is 2.59. The average Bonchev–Trinajstić information content (AvgIpc) is 2.59. The minimum Gasteiger partial charge on any atom is -0.486 e. The Kier molecular flexibility index (Phi) is 5.31. The van der Waals surface area contributed by atoms with Gasteiger partial charge in [-0.1, -0.05) is 12.1 Å². The van der Waals surface area contributed by atoms with E-state index in [-0.39, 0.29) is 12.4 Å². The summed E-state index contributed by atoms with van der Waals surface area (Å²) in [6, 6.07) is 11.5. The maximum Gasteiger partial charge on any atom is 0.310 e. The van der Waals surface area contributed by atoms with Crippen LogP contribution in [0.4, 0.5) is 0 Å². The van der Waals surface area contributed by atoms with Gasteiger partial charge in [0.1, 0.15) is 13.2 Å². The molecule has 0 bridgehead atoms. The van der Waals surface area contributed by atoms with Crippen LogP contribution in [0.3, 0.4) is 0 Å². The first kappa shape index (κ1) is 16.3. The third-order valence-corrected chi connectivity index (χ3v) is 3.74. The van der Waals surface area contributed by atoms with E-state index in [2.05, 4.69) is 4.98 Å². The summed E-state index contributed by atoms with van der Waals surface area (Å²) in [5.41, 5.74) is 2.89. The monoisotopic (exact) mass is 327 g/mol. The lowest BCUT2D eigenvalue weighted by Crippen LogP contribution is -2.16. The maximum atomic E-state index is 11.9. The van der Waals surface area contributed by atoms with Crippen LogP contribution in [-0.2, 0) is 22.4 Å². The number of fused-ring (bicyclic) bond motifs is 1. The van der Waals surface area contributed by atoms with Crippen molar-refractivity contribution < 1.29 is 19.0 Å². The Morgan fingerprint density at radius 1 is 1.17 bits per heavy atom. The molecule has 2 heterocycles. The van der Waals surface area contributed by atoms with Crippen molar-refractivity contribution in [1.29, 1.82) is 0 Å². The molecular weight excluding hydrogens is 306 g/mol. The molecule has 3 rings (SSSR count). The number of hydrogen-bond donors (Lipinski definition) is 0. The molecule has 1 aliphatic heterocycles. The number of benzene rings is 1. The first-order valence-electron chi connectivity index (χ1n) is 8.17. The third-order valence-electron chi connectivity index (χ3n) is 3.74. The smallest absolute Gasteiger partial charge is 0.310 e. The lowest BCUT2D eigenvalue weighted by atomic mass is 10.1. The van der Waals surface area contributed by atoms with E-state index in [9.17, 15) is 4.79 Å². The first-order valence-corrected chi connectivity index (χ1v) is 8.17. The minimum atomic E-state index is -0.233. The molecule has 5 heteroatoms. The van der Waals surface area contributed by atoms with E-state index >= 15 is 0 Å². The summed E-state index contributed by atoms with van der Waals surface area (Å²) < 4.78 is 16.3. The van der Waals surface area contributed by atoms with Gasteiger partial charge >= 0.3 is 5.97 Å². The van der Waals surface area contributed by atoms with Crippen LogP contribution < -0.4 is 9.47 Å². The van der Waals surface area contributed by atoms with E-state index in [1.807, 2.05) is 43.3 Å². The SMILES string of the molecule is Cc1cccc(CCCOC(=O)Cc2ccc3c(c2)OCCO3)n1. The normalized spacial score (nSPS) is 12.7. The van der Waals surface area contributed by atoms with Crippen LogP contribution in [0, 0.1) is 6.92 Å². The highest BCUT2D eigenvalue weighted by atomic mass is 16.6. The lowest BCUT2D eigenvalue weighted by molar-refractivity contribution is -0.142. The molecule has 0 saturated heterocycles. The molecule has 0 aliphatic carbocycles. The van der Waals surface area contributed by atoms with Crippen molar-refractivity contribution in [3.63, 3.8) is 0 Å². The molecule has 0 atom stereocenters. The standard InChI is InChI=1S/C19H21NO4/c1-14-4-2-5-16(20-14)6-3-9-24-19(21)13-15-7-8-17-18(12-15)23-11-10-22-17/h2,4-5,7-8,12H,3,6,9-11,13H2,1H3. The quantitative estimate of drug-likeness (QED) is 0.603. The van der Waals surface area contributed by atoms with Crippen LogP contribution in [0.25, 0.3) is 0 Å². The lowest BCUT2D eigenvalue weighted by Gasteiger charge is -2.18. The molecule has 0 N–H and O–H groups in total. The van der Waals surface area contributed by atoms with E-state index in [0.717, 1.165) is 35.5 Å². The number of rotatable bonds is 6. The van der Waals surface area contributed by atoms with Gasteiger partial charge in [0.15, 0.2) is 11.5 Å². The zero-order valence-electron chi connectivity index (χ0n) is 13.8. The van der Waals surface area contributed by atoms with Crippen LogP contribution in [0.15, 0.2) is 36.4 Å². The van der Waals surface area contributed by atoms with E-state index in [0.29, 0.717) is 25.6 Å². The molecule has 2 aromatic rings. The Morgan fingerprint density at radius 3 is 2.83 bits per heavy atom. The molecule has 0 saturated carbocycles. The van der Waals surface area contributed by atoms with Gasteiger partial charge in [0.2, 0.25) is 0 Å². The highest BCUT2D eigenvalue weighted by Crippen LogP contribution is 2.30.